The molecule has 0 radical (unpaired) electrons. The first kappa shape index (κ1) is 17.3. The third-order valence-electron chi connectivity index (χ3n) is 9.47. The third kappa shape index (κ3) is 2.58. The van der Waals surface area contributed by atoms with Gasteiger partial charge in [-0.2, -0.15) is 0 Å². The van der Waals surface area contributed by atoms with Crippen LogP contribution in [0.2, 0.25) is 0 Å². The van der Waals surface area contributed by atoms with Crippen molar-refractivity contribution in [2.24, 2.45) is 46.3 Å². The maximum Gasteiger partial charge on any atom is 0.00989 e. The van der Waals surface area contributed by atoms with Crippen LogP contribution >= 0.6 is 0 Å². The molecule has 0 spiro atoms. The van der Waals surface area contributed by atoms with Crippen molar-refractivity contribution >= 4 is 0 Å². The molecule has 2 nitrogen and oxygen atoms in total. The quantitative estimate of drug-likeness (QED) is 0.708. The number of rotatable bonds is 6. The van der Waals surface area contributed by atoms with E-state index in [2.05, 4.69) is 45.3 Å². The molecular weight excluding hydrogens is 292 g/mol. The van der Waals surface area contributed by atoms with Crippen LogP contribution in [0.4, 0.5) is 0 Å². The van der Waals surface area contributed by atoms with Crippen molar-refractivity contribution in [3.63, 3.8) is 0 Å². The fraction of sp³-hybridized carbons (Fsp3) is 1.00. The van der Waals surface area contributed by atoms with E-state index in [1.54, 1.807) is 0 Å². The van der Waals surface area contributed by atoms with Gasteiger partial charge in [-0.1, -0.05) is 34.6 Å². The minimum absolute atomic E-state index is 0.615. The molecular formula is C22H40N2. The van der Waals surface area contributed by atoms with Gasteiger partial charge in [0.05, 0.1) is 0 Å². The highest BCUT2D eigenvalue weighted by Gasteiger charge is 2.56. The largest absolute Gasteiger partial charge is 0.315 e. The Hall–Kier alpha value is -0.0800. The summed E-state index contributed by atoms with van der Waals surface area (Å²) < 4.78 is 0. The van der Waals surface area contributed by atoms with E-state index in [0.717, 1.165) is 54.6 Å². The summed E-state index contributed by atoms with van der Waals surface area (Å²) in [6.45, 7) is 16.1. The van der Waals surface area contributed by atoms with Crippen molar-refractivity contribution in [1.29, 1.82) is 0 Å². The lowest BCUT2D eigenvalue weighted by Crippen LogP contribution is -2.60. The predicted molar refractivity (Wildman–Crippen MR) is 102 cm³/mol. The van der Waals surface area contributed by atoms with E-state index in [9.17, 15) is 0 Å². The Morgan fingerprint density at radius 1 is 0.833 bits per heavy atom. The van der Waals surface area contributed by atoms with Crippen molar-refractivity contribution in [1.82, 2.24) is 10.6 Å². The standard InChI is InChI=1S/C22H40N2/c1-14-18-11-17(22(18,4)5)12-20(14)24-9-8-23-13-15-6-7-16-10-19(15)21(16,2)3/h14-20,23-24H,6-13H2,1-5H3/t14-,15?,16?,17-,18+,19-,20-/m0/s1. The number of nitrogens with one attached hydrogen (secondary N) is 2. The number of hydrogen-bond donors (Lipinski definition) is 2. The summed E-state index contributed by atoms with van der Waals surface area (Å²) in [5.74, 6) is 5.74. The lowest BCUT2D eigenvalue weighted by molar-refractivity contribution is -0.115. The molecule has 138 valence electrons. The summed E-state index contributed by atoms with van der Waals surface area (Å²) in [6, 6.07) is 0.768. The summed E-state index contributed by atoms with van der Waals surface area (Å²) in [4.78, 5) is 0. The third-order valence-corrected chi connectivity index (χ3v) is 9.47. The highest BCUT2D eigenvalue weighted by Crippen LogP contribution is 2.62. The van der Waals surface area contributed by atoms with Gasteiger partial charge in [0.1, 0.15) is 0 Å². The highest BCUT2D eigenvalue weighted by atomic mass is 15.0. The van der Waals surface area contributed by atoms with Crippen LogP contribution < -0.4 is 10.6 Å². The molecule has 6 aliphatic rings. The first-order chi connectivity index (χ1) is 11.3. The fourth-order valence-electron chi connectivity index (χ4n) is 7.26. The van der Waals surface area contributed by atoms with Crippen LogP contribution in [0.25, 0.3) is 0 Å². The Kier molecular flexibility index (Phi) is 4.32. The Morgan fingerprint density at radius 2 is 1.54 bits per heavy atom. The molecule has 6 fully saturated rings. The lowest BCUT2D eigenvalue weighted by Gasteiger charge is -2.62. The van der Waals surface area contributed by atoms with E-state index >= 15 is 0 Å². The molecule has 6 saturated carbocycles. The lowest BCUT2D eigenvalue weighted by atomic mass is 9.45. The summed E-state index contributed by atoms with van der Waals surface area (Å²) in [7, 11) is 0. The molecule has 6 rings (SSSR count). The number of hydrogen-bond acceptors (Lipinski definition) is 2. The topological polar surface area (TPSA) is 24.1 Å². The summed E-state index contributed by atoms with van der Waals surface area (Å²) in [5, 5.41) is 7.66. The van der Waals surface area contributed by atoms with Crippen LogP contribution in [0.15, 0.2) is 0 Å². The molecule has 0 saturated heterocycles. The molecule has 2 heteroatoms. The SMILES string of the molecule is C[C@@H]1[C@@H](NCCNCC2CCC3C[C@@H]2C3(C)C)C[C@@H]2C[C@H]1C2(C)C. The molecule has 0 heterocycles. The van der Waals surface area contributed by atoms with Gasteiger partial charge < -0.3 is 10.6 Å². The average molecular weight is 333 g/mol. The van der Waals surface area contributed by atoms with Gasteiger partial charge in [0.2, 0.25) is 0 Å². The zero-order chi connectivity index (χ0) is 17.1. The molecule has 6 aliphatic carbocycles. The van der Waals surface area contributed by atoms with Crippen molar-refractivity contribution in [2.45, 2.75) is 72.8 Å². The molecule has 0 aromatic carbocycles. The summed E-state index contributed by atoms with van der Waals surface area (Å²) in [5.41, 5.74) is 1.25. The summed E-state index contributed by atoms with van der Waals surface area (Å²) >= 11 is 0. The van der Waals surface area contributed by atoms with E-state index in [0.29, 0.717) is 10.8 Å². The second-order valence-electron chi connectivity index (χ2n) is 10.9. The zero-order valence-electron chi connectivity index (χ0n) is 16.7. The van der Waals surface area contributed by atoms with Crippen molar-refractivity contribution < 1.29 is 0 Å². The van der Waals surface area contributed by atoms with Crippen LogP contribution in [0, 0.1) is 46.3 Å². The van der Waals surface area contributed by atoms with E-state index in [-0.39, 0.29) is 0 Å². The fourth-order valence-corrected chi connectivity index (χ4v) is 7.26. The minimum atomic E-state index is 0.615. The zero-order valence-corrected chi connectivity index (χ0v) is 16.7. The first-order valence-electron chi connectivity index (χ1n) is 10.8. The Balaban J connectivity index is 1.15. The van der Waals surface area contributed by atoms with Gasteiger partial charge >= 0.3 is 0 Å². The van der Waals surface area contributed by atoms with Crippen LogP contribution in [0.3, 0.4) is 0 Å². The van der Waals surface area contributed by atoms with Gasteiger partial charge in [-0.15, -0.1) is 0 Å². The van der Waals surface area contributed by atoms with Gasteiger partial charge in [-0.05, 0) is 85.0 Å². The van der Waals surface area contributed by atoms with Crippen molar-refractivity contribution in [3.8, 4) is 0 Å². The molecule has 4 bridgehead atoms. The van der Waals surface area contributed by atoms with Crippen LogP contribution in [-0.4, -0.2) is 25.7 Å². The van der Waals surface area contributed by atoms with Crippen LogP contribution in [-0.2, 0) is 0 Å². The van der Waals surface area contributed by atoms with E-state index in [1.165, 1.54) is 38.6 Å². The van der Waals surface area contributed by atoms with E-state index in [4.69, 9.17) is 0 Å². The smallest absolute Gasteiger partial charge is 0.00989 e. The maximum atomic E-state index is 3.88. The molecule has 24 heavy (non-hydrogen) atoms. The molecule has 0 aromatic heterocycles. The summed E-state index contributed by atoms with van der Waals surface area (Å²) in [6.07, 6.45) is 7.36. The molecule has 7 atom stereocenters. The van der Waals surface area contributed by atoms with Crippen molar-refractivity contribution in [2.75, 3.05) is 19.6 Å². The van der Waals surface area contributed by atoms with Gasteiger partial charge in [0.15, 0.2) is 0 Å². The molecule has 0 amide bonds. The predicted octanol–water partition coefficient (Wildman–Crippen LogP) is 4.31. The van der Waals surface area contributed by atoms with Crippen LogP contribution in [0.5, 0.6) is 0 Å². The van der Waals surface area contributed by atoms with Gasteiger partial charge in [0, 0.05) is 19.1 Å². The van der Waals surface area contributed by atoms with Gasteiger partial charge in [0.25, 0.3) is 0 Å². The van der Waals surface area contributed by atoms with Gasteiger partial charge in [-0.25, -0.2) is 0 Å². The second-order valence-corrected chi connectivity index (χ2v) is 10.9. The molecule has 2 N–H and O–H groups in total. The Labute approximate surface area is 149 Å². The Bertz CT molecular complexity index is 467. The number of fused-ring (bicyclic) bond motifs is 4. The van der Waals surface area contributed by atoms with Crippen LogP contribution in [0.1, 0.15) is 66.7 Å². The average Bonchev–Trinajstić information content (AvgIpc) is 2.55. The van der Waals surface area contributed by atoms with E-state index < -0.39 is 0 Å². The van der Waals surface area contributed by atoms with Crippen molar-refractivity contribution in [3.05, 3.63) is 0 Å². The second kappa shape index (κ2) is 5.98. The molecule has 2 unspecified atom stereocenters. The molecule has 0 aliphatic heterocycles. The normalized spacial score (nSPS) is 47.6. The highest BCUT2D eigenvalue weighted by molar-refractivity contribution is 5.07. The Morgan fingerprint density at radius 3 is 2.17 bits per heavy atom. The monoisotopic (exact) mass is 332 g/mol. The van der Waals surface area contributed by atoms with Gasteiger partial charge in [-0.3, -0.25) is 0 Å². The first-order valence-corrected chi connectivity index (χ1v) is 10.8. The maximum absolute atomic E-state index is 3.88. The minimum Gasteiger partial charge on any atom is -0.315 e. The molecule has 0 aromatic rings. The van der Waals surface area contributed by atoms with E-state index in [1.807, 2.05) is 0 Å².